The number of hydrogen-bond donors (Lipinski definition) is 3. The van der Waals surface area contributed by atoms with Crippen molar-refractivity contribution in [1.29, 1.82) is 0 Å². The highest BCUT2D eigenvalue weighted by molar-refractivity contribution is 5.85. The Bertz CT molecular complexity index is 607. The predicted octanol–water partition coefficient (Wildman–Crippen LogP) is 2.49. The van der Waals surface area contributed by atoms with Gasteiger partial charge in [-0.15, -0.1) is 0 Å². The second-order valence-corrected chi connectivity index (χ2v) is 4.50. The van der Waals surface area contributed by atoms with E-state index >= 15 is 0 Å². The molecule has 2 rings (SSSR count). The second-order valence-electron chi connectivity index (χ2n) is 4.50. The topological polar surface area (TPSA) is 77.8 Å². The molecule has 0 aliphatic heterocycles. The SMILES string of the molecule is CC(C(=O)O)(c1ccccc1)c1ccc(O)c(O)c1. The van der Waals surface area contributed by atoms with E-state index in [1.54, 1.807) is 37.3 Å². The summed E-state index contributed by atoms with van der Waals surface area (Å²) >= 11 is 0. The molecule has 4 nitrogen and oxygen atoms in total. The lowest BCUT2D eigenvalue weighted by Crippen LogP contribution is -2.33. The summed E-state index contributed by atoms with van der Waals surface area (Å²) in [5, 5.41) is 28.4. The number of carboxylic acids is 1. The van der Waals surface area contributed by atoms with Crippen molar-refractivity contribution in [1.82, 2.24) is 0 Å². The van der Waals surface area contributed by atoms with Crippen molar-refractivity contribution < 1.29 is 20.1 Å². The molecule has 3 N–H and O–H groups in total. The number of hydrogen-bond acceptors (Lipinski definition) is 3. The number of carboxylic acid groups (broad SMARTS) is 1. The largest absolute Gasteiger partial charge is 0.504 e. The normalized spacial score (nSPS) is 13.7. The van der Waals surface area contributed by atoms with Crippen LogP contribution in [0.2, 0.25) is 0 Å². The summed E-state index contributed by atoms with van der Waals surface area (Å²) in [4.78, 5) is 11.7. The van der Waals surface area contributed by atoms with Crippen LogP contribution < -0.4 is 0 Å². The highest BCUT2D eigenvalue weighted by atomic mass is 16.4. The van der Waals surface area contributed by atoms with Crippen LogP contribution >= 0.6 is 0 Å². The van der Waals surface area contributed by atoms with Crippen LogP contribution in [-0.4, -0.2) is 21.3 Å². The first-order valence-corrected chi connectivity index (χ1v) is 5.77. The Morgan fingerprint density at radius 2 is 1.58 bits per heavy atom. The summed E-state index contributed by atoms with van der Waals surface area (Å²) in [6.45, 7) is 1.57. The summed E-state index contributed by atoms with van der Waals surface area (Å²) in [6.07, 6.45) is 0. The Kier molecular flexibility index (Phi) is 3.17. The van der Waals surface area contributed by atoms with E-state index in [2.05, 4.69) is 0 Å². The van der Waals surface area contributed by atoms with E-state index in [1.165, 1.54) is 18.2 Å². The fourth-order valence-electron chi connectivity index (χ4n) is 2.02. The molecule has 0 radical (unpaired) electrons. The van der Waals surface area contributed by atoms with Crippen LogP contribution in [0.15, 0.2) is 48.5 Å². The molecular weight excluding hydrogens is 244 g/mol. The molecular formula is C15H14O4. The standard InChI is InChI=1S/C15H14O4/c1-15(14(18)19,10-5-3-2-4-6-10)11-7-8-12(16)13(17)9-11/h2-9,16-17H,1H3,(H,18,19). The minimum Gasteiger partial charge on any atom is -0.504 e. The predicted molar refractivity (Wildman–Crippen MR) is 70.3 cm³/mol. The fraction of sp³-hybridized carbons (Fsp3) is 0.133. The van der Waals surface area contributed by atoms with E-state index in [-0.39, 0.29) is 11.5 Å². The van der Waals surface area contributed by atoms with E-state index in [0.29, 0.717) is 11.1 Å². The van der Waals surface area contributed by atoms with Gasteiger partial charge in [0.25, 0.3) is 0 Å². The summed E-state index contributed by atoms with van der Waals surface area (Å²) < 4.78 is 0. The third kappa shape index (κ3) is 2.12. The summed E-state index contributed by atoms with van der Waals surface area (Å²) in [7, 11) is 0. The van der Waals surface area contributed by atoms with Crippen LogP contribution in [0.3, 0.4) is 0 Å². The zero-order valence-electron chi connectivity index (χ0n) is 10.4. The van der Waals surface area contributed by atoms with Gasteiger partial charge in [-0.2, -0.15) is 0 Å². The summed E-state index contributed by atoms with van der Waals surface area (Å²) in [5.74, 6) is -1.63. The summed E-state index contributed by atoms with van der Waals surface area (Å²) in [5.41, 5.74) is -0.277. The molecule has 0 aromatic heterocycles. The summed E-state index contributed by atoms with van der Waals surface area (Å²) in [6, 6.07) is 12.8. The number of benzene rings is 2. The van der Waals surface area contributed by atoms with Crippen molar-refractivity contribution in [2.45, 2.75) is 12.3 Å². The highest BCUT2D eigenvalue weighted by Gasteiger charge is 2.37. The molecule has 0 fully saturated rings. The molecule has 0 saturated heterocycles. The molecule has 0 aliphatic carbocycles. The molecule has 0 bridgehead atoms. The van der Waals surface area contributed by atoms with E-state index in [0.717, 1.165) is 0 Å². The molecule has 98 valence electrons. The molecule has 0 saturated carbocycles. The molecule has 0 amide bonds. The number of phenols is 2. The lowest BCUT2D eigenvalue weighted by Gasteiger charge is -2.26. The van der Waals surface area contributed by atoms with Gasteiger partial charge in [0, 0.05) is 0 Å². The van der Waals surface area contributed by atoms with Crippen molar-refractivity contribution in [3.63, 3.8) is 0 Å². The third-order valence-corrected chi connectivity index (χ3v) is 3.33. The van der Waals surface area contributed by atoms with Gasteiger partial charge in [0.2, 0.25) is 0 Å². The van der Waals surface area contributed by atoms with Crippen LogP contribution in [0.1, 0.15) is 18.1 Å². The number of aliphatic carboxylic acids is 1. The Balaban J connectivity index is 2.63. The second kappa shape index (κ2) is 4.65. The zero-order valence-corrected chi connectivity index (χ0v) is 10.4. The van der Waals surface area contributed by atoms with Gasteiger partial charge in [-0.05, 0) is 30.2 Å². The molecule has 0 aliphatic rings. The minimum absolute atomic E-state index is 0.274. The third-order valence-electron chi connectivity index (χ3n) is 3.33. The molecule has 1 unspecified atom stereocenters. The maximum Gasteiger partial charge on any atom is 0.318 e. The first-order valence-electron chi connectivity index (χ1n) is 5.77. The minimum atomic E-state index is -1.29. The maximum atomic E-state index is 11.7. The van der Waals surface area contributed by atoms with Crippen molar-refractivity contribution in [2.75, 3.05) is 0 Å². The molecule has 1 atom stereocenters. The zero-order chi connectivity index (χ0) is 14.0. The first kappa shape index (κ1) is 13.0. The van der Waals surface area contributed by atoms with E-state index in [1.807, 2.05) is 0 Å². The van der Waals surface area contributed by atoms with Crippen molar-refractivity contribution in [3.05, 3.63) is 59.7 Å². The van der Waals surface area contributed by atoms with Crippen LogP contribution in [-0.2, 0) is 10.2 Å². The Hall–Kier alpha value is -2.49. The van der Waals surface area contributed by atoms with E-state index in [4.69, 9.17) is 0 Å². The number of rotatable bonds is 3. The molecule has 2 aromatic carbocycles. The van der Waals surface area contributed by atoms with Crippen molar-refractivity contribution in [3.8, 4) is 11.5 Å². The molecule has 19 heavy (non-hydrogen) atoms. The van der Waals surface area contributed by atoms with Gasteiger partial charge in [-0.3, -0.25) is 4.79 Å². The van der Waals surface area contributed by atoms with Crippen LogP contribution in [0.25, 0.3) is 0 Å². The van der Waals surface area contributed by atoms with Gasteiger partial charge in [0.1, 0.15) is 5.41 Å². The average Bonchev–Trinajstić information content (AvgIpc) is 2.41. The smallest absolute Gasteiger partial charge is 0.318 e. The quantitative estimate of drug-likeness (QED) is 0.739. The number of phenolic OH excluding ortho intramolecular Hbond substituents is 2. The molecule has 0 spiro atoms. The fourth-order valence-corrected chi connectivity index (χ4v) is 2.02. The maximum absolute atomic E-state index is 11.7. The van der Waals surface area contributed by atoms with Gasteiger partial charge in [-0.25, -0.2) is 0 Å². The van der Waals surface area contributed by atoms with Crippen molar-refractivity contribution in [2.24, 2.45) is 0 Å². The molecule has 0 heterocycles. The van der Waals surface area contributed by atoms with Gasteiger partial charge >= 0.3 is 5.97 Å². The monoisotopic (exact) mass is 258 g/mol. The number of aromatic hydroxyl groups is 2. The first-order chi connectivity index (χ1) is 8.96. The Labute approximate surface area is 110 Å². The van der Waals surface area contributed by atoms with Gasteiger partial charge in [-0.1, -0.05) is 36.4 Å². The van der Waals surface area contributed by atoms with Crippen LogP contribution in [0.5, 0.6) is 11.5 Å². The molecule has 2 aromatic rings. The Morgan fingerprint density at radius 1 is 0.947 bits per heavy atom. The lowest BCUT2D eigenvalue weighted by molar-refractivity contribution is -0.141. The van der Waals surface area contributed by atoms with E-state index < -0.39 is 11.4 Å². The van der Waals surface area contributed by atoms with Gasteiger partial charge < -0.3 is 15.3 Å². The number of carbonyl (C=O) groups is 1. The van der Waals surface area contributed by atoms with Gasteiger partial charge in [0.05, 0.1) is 0 Å². The van der Waals surface area contributed by atoms with Crippen LogP contribution in [0, 0.1) is 0 Å². The Morgan fingerprint density at radius 3 is 2.11 bits per heavy atom. The highest BCUT2D eigenvalue weighted by Crippen LogP contribution is 2.36. The van der Waals surface area contributed by atoms with E-state index in [9.17, 15) is 20.1 Å². The lowest BCUT2D eigenvalue weighted by atomic mass is 9.76. The van der Waals surface area contributed by atoms with Gasteiger partial charge in [0.15, 0.2) is 11.5 Å². The average molecular weight is 258 g/mol. The van der Waals surface area contributed by atoms with Crippen molar-refractivity contribution >= 4 is 5.97 Å². The molecule has 4 heteroatoms. The van der Waals surface area contributed by atoms with Crippen LogP contribution in [0.4, 0.5) is 0 Å².